The first-order valence-corrected chi connectivity index (χ1v) is 8.97. The molecule has 0 rings (SSSR count). The van der Waals surface area contributed by atoms with E-state index in [9.17, 15) is 19.5 Å². The van der Waals surface area contributed by atoms with Crippen LogP contribution in [-0.4, -0.2) is 54.0 Å². The minimum atomic E-state index is -1.13. The van der Waals surface area contributed by atoms with Crippen molar-refractivity contribution in [3.8, 4) is 0 Å². The highest BCUT2D eigenvalue weighted by Gasteiger charge is 2.30. The lowest BCUT2D eigenvalue weighted by Gasteiger charge is -2.26. The zero-order valence-corrected chi connectivity index (χ0v) is 15.6. The van der Waals surface area contributed by atoms with Crippen molar-refractivity contribution < 1.29 is 19.5 Å². The number of aliphatic hydroxyl groups is 1. The zero-order chi connectivity index (χ0) is 19.4. The molecule has 0 aliphatic rings. The standard InChI is InChI=1S/C17H34N4O4/c1-4-5-6-13(7-9-18)16(24)21-15(12(3)23)17(25)20-14(8-10-19)11(2)22/h12-15,23H,4-10,18-19H2,1-3H3,(H,20,25)(H,21,24)/t12?,13?,14-,15-/m0/s1. The predicted octanol–water partition coefficient (Wildman–Crippen LogP) is -0.570. The number of unbranched alkanes of at least 4 members (excludes halogenated alkanes) is 1. The third-order valence-electron chi connectivity index (χ3n) is 4.12. The van der Waals surface area contributed by atoms with Crippen LogP contribution < -0.4 is 22.1 Å². The van der Waals surface area contributed by atoms with Gasteiger partial charge in [0.05, 0.1) is 12.1 Å². The minimum absolute atomic E-state index is 0.224. The Hall–Kier alpha value is -1.51. The Morgan fingerprint density at radius 2 is 1.60 bits per heavy atom. The van der Waals surface area contributed by atoms with Gasteiger partial charge in [0.25, 0.3) is 0 Å². The van der Waals surface area contributed by atoms with Gasteiger partial charge in [-0.15, -0.1) is 0 Å². The number of hydrogen-bond acceptors (Lipinski definition) is 6. The lowest BCUT2D eigenvalue weighted by Crippen LogP contribution is -2.56. The summed E-state index contributed by atoms with van der Waals surface area (Å²) in [5, 5.41) is 15.0. The maximum Gasteiger partial charge on any atom is 0.245 e. The lowest BCUT2D eigenvalue weighted by molar-refractivity contribution is -0.135. The number of amides is 2. The molecule has 0 aliphatic carbocycles. The molecule has 2 amide bonds. The second-order valence-corrected chi connectivity index (χ2v) is 6.39. The molecule has 0 saturated heterocycles. The third kappa shape index (κ3) is 8.94. The van der Waals surface area contributed by atoms with Gasteiger partial charge in [0.1, 0.15) is 6.04 Å². The number of aliphatic hydroxyl groups excluding tert-OH is 1. The molecule has 0 radical (unpaired) electrons. The highest BCUT2D eigenvalue weighted by atomic mass is 16.3. The Bertz CT molecular complexity index is 429. The Labute approximate surface area is 150 Å². The predicted molar refractivity (Wildman–Crippen MR) is 96.6 cm³/mol. The number of carbonyl (C=O) groups excluding carboxylic acids is 3. The van der Waals surface area contributed by atoms with Crippen molar-refractivity contribution >= 4 is 17.6 Å². The first-order valence-electron chi connectivity index (χ1n) is 8.97. The molecule has 8 heteroatoms. The van der Waals surface area contributed by atoms with Crippen LogP contribution in [-0.2, 0) is 14.4 Å². The molecule has 8 nitrogen and oxygen atoms in total. The number of nitrogens with two attached hydrogens (primary N) is 2. The molecular weight excluding hydrogens is 324 g/mol. The van der Waals surface area contributed by atoms with E-state index in [1.165, 1.54) is 13.8 Å². The fourth-order valence-electron chi connectivity index (χ4n) is 2.54. The van der Waals surface area contributed by atoms with Crippen LogP contribution in [0.2, 0.25) is 0 Å². The molecule has 2 unspecified atom stereocenters. The summed E-state index contributed by atoms with van der Waals surface area (Å²) < 4.78 is 0. The van der Waals surface area contributed by atoms with Crippen LogP contribution in [0.4, 0.5) is 0 Å². The number of carbonyl (C=O) groups is 3. The summed E-state index contributed by atoms with van der Waals surface area (Å²) in [6.45, 7) is 5.42. The quantitative estimate of drug-likeness (QED) is 0.298. The summed E-state index contributed by atoms with van der Waals surface area (Å²) in [5.74, 6) is -1.43. The number of ketones is 1. The molecule has 0 spiro atoms. The van der Waals surface area contributed by atoms with Gasteiger partial charge in [-0.2, -0.15) is 0 Å². The molecule has 0 aromatic rings. The molecule has 0 fully saturated rings. The molecule has 0 heterocycles. The molecule has 25 heavy (non-hydrogen) atoms. The van der Waals surface area contributed by atoms with Gasteiger partial charge >= 0.3 is 0 Å². The lowest BCUT2D eigenvalue weighted by atomic mass is 9.96. The van der Waals surface area contributed by atoms with Gasteiger partial charge in [-0.1, -0.05) is 19.8 Å². The average molecular weight is 358 g/mol. The summed E-state index contributed by atoms with van der Waals surface area (Å²) in [5.41, 5.74) is 11.0. The minimum Gasteiger partial charge on any atom is -0.391 e. The van der Waals surface area contributed by atoms with Crippen molar-refractivity contribution in [2.75, 3.05) is 13.1 Å². The van der Waals surface area contributed by atoms with Gasteiger partial charge in [0.2, 0.25) is 11.8 Å². The van der Waals surface area contributed by atoms with E-state index in [1.54, 1.807) is 0 Å². The van der Waals surface area contributed by atoms with Gasteiger partial charge in [-0.3, -0.25) is 14.4 Å². The SMILES string of the molecule is CCCCC(CCN)C(=O)N[C@H](C(=O)N[C@@H](CCN)C(C)=O)C(C)O. The van der Waals surface area contributed by atoms with Gasteiger partial charge in [-0.25, -0.2) is 0 Å². The van der Waals surface area contributed by atoms with E-state index in [0.29, 0.717) is 25.8 Å². The smallest absolute Gasteiger partial charge is 0.245 e. The number of hydrogen-bond donors (Lipinski definition) is 5. The van der Waals surface area contributed by atoms with Gasteiger partial charge < -0.3 is 27.2 Å². The Kier molecular flexibility index (Phi) is 12.0. The summed E-state index contributed by atoms with van der Waals surface area (Å²) in [4.78, 5) is 36.4. The van der Waals surface area contributed by atoms with E-state index < -0.39 is 24.1 Å². The van der Waals surface area contributed by atoms with Crippen LogP contribution >= 0.6 is 0 Å². The molecule has 0 aromatic carbocycles. The Morgan fingerprint density at radius 3 is 2.04 bits per heavy atom. The topological polar surface area (TPSA) is 148 Å². The molecule has 0 saturated carbocycles. The zero-order valence-electron chi connectivity index (χ0n) is 15.6. The molecule has 4 atom stereocenters. The van der Waals surface area contributed by atoms with Crippen molar-refractivity contribution in [2.45, 2.75) is 71.1 Å². The molecule has 146 valence electrons. The Morgan fingerprint density at radius 1 is 1.00 bits per heavy atom. The van der Waals surface area contributed by atoms with E-state index in [2.05, 4.69) is 10.6 Å². The summed E-state index contributed by atoms with van der Waals surface area (Å²) in [6.07, 6.45) is 2.23. The first kappa shape index (κ1) is 23.5. The van der Waals surface area contributed by atoms with E-state index in [1.807, 2.05) is 6.92 Å². The Balaban J connectivity index is 4.99. The van der Waals surface area contributed by atoms with Crippen LogP contribution in [0.5, 0.6) is 0 Å². The molecule has 0 bridgehead atoms. The van der Waals surface area contributed by atoms with Crippen molar-refractivity contribution in [1.29, 1.82) is 0 Å². The van der Waals surface area contributed by atoms with E-state index >= 15 is 0 Å². The van der Waals surface area contributed by atoms with Crippen molar-refractivity contribution in [3.05, 3.63) is 0 Å². The second kappa shape index (κ2) is 12.8. The number of Topliss-reactive ketones (excluding diaryl/α,β-unsaturated/α-hetero) is 1. The van der Waals surface area contributed by atoms with Crippen LogP contribution in [0.15, 0.2) is 0 Å². The molecular formula is C17H34N4O4. The summed E-state index contributed by atoms with van der Waals surface area (Å²) in [7, 11) is 0. The van der Waals surface area contributed by atoms with Crippen LogP contribution in [0.3, 0.4) is 0 Å². The monoisotopic (exact) mass is 358 g/mol. The normalized spacial score (nSPS) is 15.8. The van der Waals surface area contributed by atoms with Crippen molar-refractivity contribution in [2.24, 2.45) is 17.4 Å². The molecule has 0 aliphatic heterocycles. The maximum absolute atomic E-state index is 12.5. The van der Waals surface area contributed by atoms with E-state index in [-0.39, 0.29) is 24.2 Å². The maximum atomic E-state index is 12.5. The average Bonchev–Trinajstić information content (AvgIpc) is 2.55. The van der Waals surface area contributed by atoms with Gasteiger partial charge in [0, 0.05) is 5.92 Å². The van der Waals surface area contributed by atoms with Crippen LogP contribution in [0.1, 0.15) is 52.9 Å². The fraction of sp³-hybridized carbons (Fsp3) is 0.824. The van der Waals surface area contributed by atoms with Gasteiger partial charge in [-0.05, 0) is 46.2 Å². The van der Waals surface area contributed by atoms with Crippen LogP contribution in [0.25, 0.3) is 0 Å². The highest BCUT2D eigenvalue weighted by molar-refractivity contribution is 5.92. The van der Waals surface area contributed by atoms with E-state index in [0.717, 1.165) is 12.8 Å². The third-order valence-corrected chi connectivity index (χ3v) is 4.12. The van der Waals surface area contributed by atoms with Crippen LogP contribution in [0, 0.1) is 5.92 Å². The number of rotatable bonds is 13. The van der Waals surface area contributed by atoms with Crippen molar-refractivity contribution in [3.63, 3.8) is 0 Å². The summed E-state index contributed by atoms with van der Waals surface area (Å²) in [6, 6.07) is -1.86. The highest BCUT2D eigenvalue weighted by Crippen LogP contribution is 2.13. The molecule has 7 N–H and O–H groups in total. The summed E-state index contributed by atoms with van der Waals surface area (Å²) >= 11 is 0. The molecule has 0 aromatic heterocycles. The largest absolute Gasteiger partial charge is 0.391 e. The second-order valence-electron chi connectivity index (χ2n) is 6.39. The van der Waals surface area contributed by atoms with Gasteiger partial charge in [0.15, 0.2) is 5.78 Å². The fourth-order valence-corrected chi connectivity index (χ4v) is 2.54. The van der Waals surface area contributed by atoms with Crippen molar-refractivity contribution in [1.82, 2.24) is 10.6 Å². The number of nitrogens with one attached hydrogen (secondary N) is 2. The first-order chi connectivity index (χ1) is 11.8. The van der Waals surface area contributed by atoms with E-state index in [4.69, 9.17) is 11.5 Å².